The van der Waals surface area contributed by atoms with Crippen molar-refractivity contribution in [1.29, 1.82) is 0 Å². The quantitative estimate of drug-likeness (QED) is 0.779. The maximum Gasteiger partial charge on any atom is 0.241 e. The molecule has 0 saturated carbocycles. The Bertz CT molecular complexity index is 572. The zero-order valence-corrected chi connectivity index (χ0v) is 15.2. The van der Waals surface area contributed by atoms with E-state index in [1.165, 1.54) is 0 Å². The van der Waals surface area contributed by atoms with Gasteiger partial charge in [-0.05, 0) is 72.9 Å². The highest BCUT2D eigenvalue weighted by Gasteiger charge is 2.26. The van der Waals surface area contributed by atoms with Crippen LogP contribution in [0.3, 0.4) is 0 Å². The second-order valence-electron chi connectivity index (χ2n) is 5.09. The molecular weight excluding hydrogens is 408 g/mol. The molecule has 0 spiro atoms. The van der Waals surface area contributed by atoms with E-state index in [1.54, 1.807) is 18.2 Å². The number of hydrogen-bond acceptors (Lipinski definition) is 3. The third kappa shape index (κ3) is 4.04. The average Bonchev–Trinajstić information content (AvgIpc) is 2.42. The predicted octanol–water partition coefficient (Wildman–Crippen LogP) is 2.88. The molecule has 0 aliphatic carbocycles. The summed E-state index contributed by atoms with van der Waals surface area (Å²) in [6.45, 7) is 3.82. The molecule has 4 nitrogen and oxygen atoms in total. The van der Waals surface area contributed by atoms with E-state index in [4.69, 9.17) is 0 Å². The minimum absolute atomic E-state index is 0.0846. The van der Waals surface area contributed by atoms with Gasteiger partial charge in [0.1, 0.15) is 0 Å². The average molecular weight is 426 g/mol. The van der Waals surface area contributed by atoms with E-state index in [0.29, 0.717) is 10.4 Å². The summed E-state index contributed by atoms with van der Waals surface area (Å²) in [4.78, 5) is 0.266. The first-order valence-electron chi connectivity index (χ1n) is 6.58. The summed E-state index contributed by atoms with van der Waals surface area (Å²) in [5, 5.41) is 3.31. The monoisotopic (exact) mass is 424 g/mol. The fourth-order valence-corrected chi connectivity index (χ4v) is 5.21. The molecule has 1 saturated heterocycles. The van der Waals surface area contributed by atoms with Crippen molar-refractivity contribution in [1.82, 2.24) is 10.0 Å². The highest BCUT2D eigenvalue weighted by Crippen LogP contribution is 2.26. The first-order chi connectivity index (χ1) is 9.40. The molecular formula is C13H18Br2N2O2S. The van der Waals surface area contributed by atoms with Crippen molar-refractivity contribution in [2.24, 2.45) is 5.92 Å². The van der Waals surface area contributed by atoms with Gasteiger partial charge in [0.2, 0.25) is 10.0 Å². The van der Waals surface area contributed by atoms with Crippen molar-refractivity contribution < 1.29 is 8.42 Å². The highest BCUT2D eigenvalue weighted by atomic mass is 79.9. The van der Waals surface area contributed by atoms with Crippen molar-refractivity contribution in [2.75, 3.05) is 13.1 Å². The van der Waals surface area contributed by atoms with Crippen LogP contribution in [0.4, 0.5) is 0 Å². The summed E-state index contributed by atoms with van der Waals surface area (Å²) in [5.74, 6) is 0.337. The van der Waals surface area contributed by atoms with E-state index in [0.717, 1.165) is 30.4 Å². The Labute approximate surface area is 137 Å². The van der Waals surface area contributed by atoms with Crippen LogP contribution in [0.15, 0.2) is 32.0 Å². The van der Waals surface area contributed by atoms with E-state index in [-0.39, 0.29) is 10.9 Å². The molecule has 112 valence electrons. The van der Waals surface area contributed by atoms with Gasteiger partial charge in [-0.1, -0.05) is 15.9 Å². The molecule has 7 heteroatoms. The maximum atomic E-state index is 12.5. The second-order valence-corrected chi connectivity index (χ2v) is 8.54. The summed E-state index contributed by atoms with van der Waals surface area (Å²) in [6.07, 6.45) is 2.15. The molecule has 2 rings (SSSR count). The van der Waals surface area contributed by atoms with E-state index < -0.39 is 10.0 Å². The van der Waals surface area contributed by atoms with Crippen molar-refractivity contribution in [3.63, 3.8) is 0 Å². The fraction of sp³-hybridized carbons (Fsp3) is 0.538. The largest absolute Gasteiger partial charge is 0.316 e. The molecule has 1 heterocycles. The van der Waals surface area contributed by atoms with Gasteiger partial charge >= 0.3 is 0 Å². The molecule has 1 aliphatic rings. The van der Waals surface area contributed by atoms with Gasteiger partial charge in [0, 0.05) is 15.0 Å². The molecule has 2 N–H and O–H groups in total. The Morgan fingerprint density at radius 1 is 1.40 bits per heavy atom. The Kier molecular flexibility index (Phi) is 5.64. The molecule has 0 bridgehead atoms. The number of piperidine rings is 1. The molecule has 0 radical (unpaired) electrons. The molecule has 2 unspecified atom stereocenters. The van der Waals surface area contributed by atoms with Crippen LogP contribution in [0.1, 0.15) is 19.8 Å². The van der Waals surface area contributed by atoms with Crippen LogP contribution < -0.4 is 10.0 Å². The third-order valence-electron chi connectivity index (χ3n) is 3.57. The van der Waals surface area contributed by atoms with E-state index in [1.807, 2.05) is 6.92 Å². The minimum Gasteiger partial charge on any atom is -0.316 e. The lowest BCUT2D eigenvalue weighted by Gasteiger charge is -2.28. The number of sulfonamides is 1. The third-order valence-corrected chi connectivity index (χ3v) is 6.61. The Morgan fingerprint density at radius 2 is 2.15 bits per heavy atom. The normalized spacial score (nSPS) is 21.6. The van der Waals surface area contributed by atoms with E-state index in [2.05, 4.69) is 41.9 Å². The van der Waals surface area contributed by atoms with Gasteiger partial charge in [-0.15, -0.1) is 0 Å². The first kappa shape index (κ1) is 16.4. The topological polar surface area (TPSA) is 58.2 Å². The van der Waals surface area contributed by atoms with Crippen molar-refractivity contribution in [2.45, 2.75) is 30.7 Å². The second kappa shape index (κ2) is 6.87. The lowest BCUT2D eigenvalue weighted by molar-refractivity contribution is 0.320. The fourth-order valence-electron chi connectivity index (χ4n) is 2.39. The van der Waals surface area contributed by atoms with Gasteiger partial charge < -0.3 is 5.32 Å². The molecule has 0 aromatic heterocycles. The van der Waals surface area contributed by atoms with Crippen LogP contribution in [0.25, 0.3) is 0 Å². The lowest BCUT2D eigenvalue weighted by Crippen LogP contribution is -2.44. The van der Waals surface area contributed by atoms with Crippen molar-refractivity contribution >= 4 is 41.9 Å². The van der Waals surface area contributed by atoms with Gasteiger partial charge in [-0.3, -0.25) is 0 Å². The van der Waals surface area contributed by atoms with Gasteiger partial charge in [0.05, 0.1) is 4.90 Å². The Hall–Kier alpha value is 0.0500. The zero-order chi connectivity index (χ0) is 14.8. The van der Waals surface area contributed by atoms with Crippen molar-refractivity contribution in [3.05, 3.63) is 27.1 Å². The summed E-state index contributed by atoms with van der Waals surface area (Å²) in [5.41, 5.74) is 0. The number of nitrogens with one attached hydrogen (secondary N) is 2. The zero-order valence-electron chi connectivity index (χ0n) is 11.2. The maximum absolute atomic E-state index is 12.5. The number of benzene rings is 1. The van der Waals surface area contributed by atoms with Gasteiger partial charge in [0.25, 0.3) is 0 Å². The molecule has 1 aliphatic heterocycles. The van der Waals surface area contributed by atoms with Gasteiger partial charge in [-0.2, -0.15) is 0 Å². The molecule has 1 aromatic rings. The number of halogens is 2. The highest BCUT2D eigenvalue weighted by molar-refractivity contribution is 9.11. The molecule has 0 amide bonds. The van der Waals surface area contributed by atoms with Crippen molar-refractivity contribution in [3.8, 4) is 0 Å². The minimum atomic E-state index is -3.52. The smallest absolute Gasteiger partial charge is 0.241 e. The summed E-state index contributed by atoms with van der Waals surface area (Å²) < 4.78 is 29.1. The molecule has 1 aromatic carbocycles. The standard InChI is InChI=1S/C13H18Br2N2O2S/c1-9(10-3-2-6-16-8-10)17-20(18,19)13-7-11(14)4-5-12(13)15/h4-5,7,9-10,16-17H,2-3,6,8H2,1H3. The lowest BCUT2D eigenvalue weighted by atomic mass is 9.94. The Morgan fingerprint density at radius 3 is 2.80 bits per heavy atom. The number of rotatable bonds is 4. The summed E-state index contributed by atoms with van der Waals surface area (Å²) in [6, 6.07) is 5.06. The summed E-state index contributed by atoms with van der Waals surface area (Å²) >= 11 is 6.61. The summed E-state index contributed by atoms with van der Waals surface area (Å²) in [7, 11) is -3.52. The molecule has 1 fully saturated rings. The number of hydrogen-bond donors (Lipinski definition) is 2. The van der Waals surface area contributed by atoms with Crippen LogP contribution in [-0.2, 0) is 10.0 Å². The first-order valence-corrected chi connectivity index (χ1v) is 9.65. The van der Waals surface area contributed by atoms with Crippen LogP contribution in [0.5, 0.6) is 0 Å². The van der Waals surface area contributed by atoms with Crippen LogP contribution in [-0.4, -0.2) is 27.5 Å². The van der Waals surface area contributed by atoms with Crippen LogP contribution in [0, 0.1) is 5.92 Å². The molecule has 20 heavy (non-hydrogen) atoms. The van der Waals surface area contributed by atoms with Gasteiger partial charge in [0.15, 0.2) is 0 Å². The van der Waals surface area contributed by atoms with E-state index in [9.17, 15) is 8.42 Å². The van der Waals surface area contributed by atoms with Crippen LogP contribution >= 0.6 is 31.9 Å². The van der Waals surface area contributed by atoms with Gasteiger partial charge in [-0.25, -0.2) is 13.1 Å². The SMILES string of the molecule is CC(NS(=O)(=O)c1cc(Br)ccc1Br)C1CCCNC1. The molecule has 2 atom stereocenters. The van der Waals surface area contributed by atoms with E-state index >= 15 is 0 Å². The predicted molar refractivity (Wildman–Crippen MR) is 87.2 cm³/mol. The van der Waals surface area contributed by atoms with Crippen LogP contribution in [0.2, 0.25) is 0 Å². The Balaban J connectivity index is 2.16.